The van der Waals surface area contributed by atoms with Gasteiger partial charge in [0.25, 0.3) is 0 Å². The summed E-state index contributed by atoms with van der Waals surface area (Å²) in [7, 11) is 0. The van der Waals surface area contributed by atoms with Gasteiger partial charge < -0.3 is 5.11 Å². The third kappa shape index (κ3) is 3.08. The first-order chi connectivity index (χ1) is 7.93. The van der Waals surface area contributed by atoms with Crippen molar-refractivity contribution in [2.24, 2.45) is 0 Å². The third-order valence-electron chi connectivity index (χ3n) is 3.64. The topological polar surface area (TPSA) is 23.5 Å². The molecule has 0 aromatic heterocycles. The van der Waals surface area contributed by atoms with Crippen LogP contribution in [-0.4, -0.2) is 28.6 Å². The zero-order valence-corrected chi connectivity index (χ0v) is 11.7. The van der Waals surface area contributed by atoms with E-state index in [4.69, 9.17) is 0 Å². The van der Waals surface area contributed by atoms with Gasteiger partial charge in [0.15, 0.2) is 0 Å². The summed E-state index contributed by atoms with van der Waals surface area (Å²) in [5.74, 6) is 0. The molecule has 17 heavy (non-hydrogen) atoms. The Hall–Kier alpha value is -0.860. The molecule has 1 atom stereocenters. The lowest BCUT2D eigenvalue weighted by Gasteiger charge is -2.41. The molecule has 0 fully saturated rings. The minimum atomic E-state index is -0.456. The third-order valence-corrected chi connectivity index (χ3v) is 3.64. The molecule has 0 aliphatic heterocycles. The first kappa shape index (κ1) is 14.2. The van der Waals surface area contributed by atoms with E-state index in [9.17, 15) is 5.11 Å². The van der Waals surface area contributed by atoms with Crippen molar-refractivity contribution in [3.8, 4) is 0 Å². The number of aryl methyl sites for hydroxylation is 1. The molecule has 0 aliphatic carbocycles. The lowest BCUT2D eigenvalue weighted by atomic mass is 9.89. The van der Waals surface area contributed by atoms with E-state index < -0.39 is 6.10 Å². The van der Waals surface area contributed by atoms with Crippen LogP contribution in [0.4, 0.5) is 0 Å². The molecule has 2 heteroatoms. The van der Waals surface area contributed by atoms with E-state index in [0.717, 1.165) is 18.7 Å². The highest BCUT2D eigenvalue weighted by atomic mass is 16.3. The van der Waals surface area contributed by atoms with Crippen molar-refractivity contribution in [3.63, 3.8) is 0 Å². The number of likely N-dealkylation sites (N-methyl/N-ethyl adjacent to an activating group) is 1. The highest BCUT2D eigenvalue weighted by Crippen LogP contribution is 2.30. The molecule has 0 radical (unpaired) electrons. The molecule has 1 aromatic rings. The summed E-state index contributed by atoms with van der Waals surface area (Å²) in [5.41, 5.74) is 1.98. The highest BCUT2D eigenvalue weighted by molar-refractivity contribution is 5.25. The summed E-state index contributed by atoms with van der Waals surface area (Å²) in [5, 5.41) is 10.5. The molecule has 96 valence electrons. The summed E-state index contributed by atoms with van der Waals surface area (Å²) >= 11 is 0. The summed E-state index contributed by atoms with van der Waals surface area (Å²) in [4.78, 5) is 2.29. The average Bonchev–Trinajstić information content (AvgIpc) is 2.30. The van der Waals surface area contributed by atoms with Crippen LogP contribution in [0.1, 0.15) is 44.9 Å². The van der Waals surface area contributed by atoms with E-state index in [1.165, 1.54) is 5.56 Å². The zero-order valence-electron chi connectivity index (χ0n) is 11.7. The fraction of sp³-hybridized carbons (Fsp3) is 0.600. The van der Waals surface area contributed by atoms with E-state index in [-0.39, 0.29) is 5.54 Å². The number of nitrogens with zero attached hydrogens (tertiary/aromatic N) is 1. The SMILES string of the molecule is CCN(CC)C(C)(C)C(O)c1ccc(C)cc1. The van der Waals surface area contributed by atoms with E-state index in [0.29, 0.717) is 0 Å². The second kappa shape index (κ2) is 5.65. The van der Waals surface area contributed by atoms with Crippen molar-refractivity contribution < 1.29 is 5.11 Å². The van der Waals surface area contributed by atoms with Gasteiger partial charge in [-0.15, -0.1) is 0 Å². The molecule has 0 aliphatic rings. The number of benzene rings is 1. The van der Waals surface area contributed by atoms with Gasteiger partial charge in [-0.3, -0.25) is 4.90 Å². The number of aliphatic hydroxyl groups is 1. The van der Waals surface area contributed by atoms with Crippen LogP contribution in [0.25, 0.3) is 0 Å². The first-order valence-electron chi connectivity index (χ1n) is 6.43. The Morgan fingerprint density at radius 1 is 1.12 bits per heavy atom. The van der Waals surface area contributed by atoms with Gasteiger partial charge in [0.2, 0.25) is 0 Å². The van der Waals surface area contributed by atoms with E-state index in [1.54, 1.807) is 0 Å². The Morgan fingerprint density at radius 3 is 2.00 bits per heavy atom. The van der Waals surface area contributed by atoms with Crippen LogP contribution < -0.4 is 0 Å². The standard InChI is InChI=1S/C15H25NO/c1-6-16(7-2)15(4,5)14(17)13-10-8-12(3)9-11-13/h8-11,14,17H,6-7H2,1-5H3. The molecule has 0 saturated carbocycles. The monoisotopic (exact) mass is 235 g/mol. The predicted octanol–water partition coefficient (Wildman–Crippen LogP) is 3.15. The smallest absolute Gasteiger partial charge is 0.0968 e. The van der Waals surface area contributed by atoms with Gasteiger partial charge >= 0.3 is 0 Å². The quantitative estimate of drug-likeness (QED) is 0.847. The molecule has 0 heterocycles. The Kier molecular flexibility index (Phi) is 4.72. The Balaban J connectivity index is 2.94. The van der Waals surface area contributed by atoms with Crippen LogP contribution >= 0.6 is 0 Å². The van der Waals surface area contributed by atoms with E-state index in [1.807, 2.05) is 12.1 Å². The Morgan fingerprint density at radius 2 is 1.59 bits per heavy atom. The van der Waals surface area contributed by atoms with Gasteiger partial charge in [0.1, 0.15) is 0 Å². The van der Waals surface area contributed by atoms with Gasteiger partial charge in [-0.05, 0) is 39.4 Å². The van der Waals surface area contributed by atoms with Gasteiger partial charge in [0, 0.05) is 5.54 Å². The number of hydrogen-bond donors (Lipinski definition) is 1. The van der Waals surface area contributed by atoms with Crippen LogP contribution in [0.15, 0.2) is 24.3 Å². The number of aliphatic hydroxyl groups excluding tert-OH is 1. The summed E-state index contributed by atoms with van der Waals surface area (Å²) in [6.45, 7) is 12.4. The minimum absolute atomic E-state index is 0.237. The molecule has 1 aromatic carbocycles. The second-order valence-corrected chi connectivity index (χ2v) is 5.14. The zero-order chi connectivity index (χ0) is 13.1. The lowest BCUT2D eigenvalue weighted by Crippen LogP contribution is -2.48. The molecular weight excluding hydrogens is 210 g/mol. The molecule has 0 amide bonds. The van der Waals surface area contributed by atoms with Crippen molar-refractivity contribution in [2.75, 3.05) is 13.1 Å². The Labute approximate surface area is 105 Å². The van der Waals surface area contributed by atoms with E-state index >= 15 is 0 Å². The van der Waals surface area contributed by atoms with Crippen LogP contribution in [0.2, 0.25) is 0 Å². The Bertz CT molecular complexity index is 338. The maximum atomic E-state index is 10.5. The van der Waals surface area contributed by atoms with Crippen LogP contribution in [0, 0.1) is 6.92 Å². The highest BCUT2D eigenvalue weighted by Gasteiger charge is 2.33. The number of rotatable bonds is 5. The molecule has 0 saturated heterocycles. The number of hydrogen-bond acceptors (Lipinski definition) is 2. The van der Waals surface area contributed by atoms with Crippen molar-refractivity contribution in [1.29, 1.82) is 0 Å². The fourth-order valence-electron chi connectivity index (χ4n) is 2.37. The fourth-order valence-corrected chi connectivity index (χ4v) is 2.37. The van der Waals surface area contributed by atoms with Crippen molar-refractivity contribution in [3.05, 3.63) is 35.4 Å². The predicted molar refractivity (Wildman–Crippen MR) is 73.1 cm³/mol. The van der Waals surface area contributed by atoms with Gasteiger partial charge in [-0.25, -0.2) is 0 Å². The van der Waals surface area contributed by atoms with Crippen molar-refractivity contribution >= 4 is 0 Å². The summed E-state index contributed by atoms with van der Waals surface area (Å²) in [6.07, 6.45) is -0.456. The van der Waals surface area contributed by atoms with Gasteiger partial charge in [-0.1, -0.05) is 43.7 Å². The average molecular weight is 235 g/mol. The maximum absolute atomic E-state index is 10.5. The molecule has 1 unspecified atom stereocenters. The van der Waals surface area contributed by atoms with Gasteiger partial charge in [-0.2, -0.15) is 0 Å². The normalized spacial score (nSPS) is 14.1. The van der Waals surface area contributed by atoms with Crippen LogP contribution in [0.3, 0.4) is 0 Å². The van der Waals surface area contributed by atoms with Gasteiger partial charge in [0.05, 0.1) is 6.10 Å². The molecule has 1 N–H and O–H groups in total. The second-order valence-electron chi connectivity index (χ2n) is 5.14. The van der Waals surface area contributed by atoms with Crippen molar-refractivity contribution in [1.82, 2.24) is 4.90 Å². The molecular formula is C15H25NO. The molecule has 0 spiro atoms. The van der Waals surface area contributed by atoms with Crippen LogP contribution in [-0.2, 0) is 0 Å². The first-order valence-corrected chi connectivity index (χ1v) is 6.43. The van der Waals surface area contributed by atoms with Crippen LogP contribution in [0.5, 0.6) is 0 Å². The maximum Gasteiger partial charge on any atom is 0.0968 e. The van der Waals surface area contributed by atoms with E-state index in [2.05, 4.69) is 51.7 Å². The summed E-state index contributed by atoms with van der Waals surface area (Å²) < 4.78 is 0. The largest absolute Gasteiger partial charge is 0.386 e. The lowest BCUT2D eigenvalue weighted by molar-refractivity contribution is -0.00626. The molecule has 1 rings (SSSR count). The minimum Gasteiger partial charge on any atom is -0.386 e. The molecule has 2 nitrogen and oxygen atoms in total. The van der Waals surface area contributed by atoms with Crippen molar-refractivity contribution in [2.45, 2.75) is 46.3 Å². The summed E-state index contributed by atoms with van der Waals surface area (Å²) in [6, 6.07) is 8.14. The molecule has 0 bridgehead atoms.